The molecular weight excluding hydrogens is 250 g/mol. The molecule has 0 radical (unpaired) electrons. The van der Waals surface area contributed by atoms with Gasteiger partial charge in [0, 0.05) is 19.6 Å². The summed E-state index contributed by atoms with van der Waals surface area (Å²) in [6.07, 6.45) is 1.68. The Balaban J connectivity index is 4.74. The minimum atomic E-state index is -0.729. The molecule has 0 spiro atoms. The summed E-state index contributed by atoms with van der Waals surface area (Å²) in [5.74, 6) is 0.563. The fourth-order valence-corrected chi connectivity index (χ4v) is 2.51. The molecule has 0 rings (SSSR count). The molecule has 0 heterocycles. The molecule has 4 heteroatoms. The van der Waals surface area contributed by atoms with Gasteiger partial charge in [0.2, 0.25) is 5.91 Å². The first-order valence-corrected chi connectivity index (χ1v) is 8.09. The lowest BCUT2D eigenvalue weighted by molar-refractivity contribution is -0.137. The van der Waals surface area contributed by atoms with Crippen LogP contribution in [0.25, 0.3) is 0 Å². The molecule has 4 nitrogen and oxygen atoms in total. The summed E-state index contributed by atoms with van der Waals surface area (Å²) in [6, 6.07) is 0. The number of hydrogen-bond acceptors (Lipinski definition) is 3. The Labute approximate surface area is 125 Å². The first kappa shape index (κ1) is 19.4. The van der Waals surface area contributed by atoms with Crippen LogP contribution in [0.15, 0.2) is 0 Å². The lowest BCUT2D eigenvalue weighted by atomic mass is 9.95. The number of likely N-dealkylation sites (N-methyl/N-ethyl adjacent to an activating group) is 1. The molecule has 2 N–H and O–H groups in total. The highest BCUT2D eigenvalue weighted by Crippen LogP contribution is 2.14. The smallest absolute Gasteiger partial charge is 0.242 e. The topological polar surface area (TPSA) is 49.6 Å². The highest BCUT2D eigenvalue weighted by Gasteiger charge is 2.31. The second kappa shape index (κ2) is 9.35. The maximum absolute atomic E-state index is 12.7. The summed E-state index contributed by atoms with van der Waals surface area (Å²) in [5, 5.41) is 0. The Morgan fingerprint density at radius 3 is 2.10 bits per heavy atom. The summed E-state index contributed by atoms with van der Waals surface area (Å²) < 4.78 is 0. The zero-order valence-electron chi connectivity index (χ0n) is 14.4. The van der Waals surface area contributed by atoms with E-state index >= 15 is 0 Å². The van der Waals surface area contributed by atoms with E-state index in [1.165, 1.54) is 0 Å². The lowest BCUT2D eigenvalue weighted by Gasteiger charge is -2.34. The van der Waals surface area contributed by atoms with E-state index < -0.39 is 5.54 Å². The number of carbonyl (C=O) groups excluding carboxylic acids is 1. The largest absolute Gasteiger partial charge is 0.340 e. The Morgan fingerprint density at radius 1 is 1.15 bits per heavy atom. The first-order chi connectivity index (χ1) is 9.28. The molecule has 0 saturated carbocycles. The molecule has 0 aromatic heterocycles. The molecule has 0 aromatic carbocycles. The fraction of sp³-hybridized carbons (Fsp3) is 0.938. The van der Waals surface area contributed by atoms with Crippen LogP contribution >= 0.6 is 0 Å². The summed E-state index contributed by atoms with van der Waals surface area (Å²) in [6.45, 7) is 17.1. The molecule has 0 aliphatic carbocycles. The molecule has 20 heavy (non-hydrogen) atoms. The normalized spacial score (nSPS) is 14.7. The van der Waals surface area contributed by atoms with E-state index in [0.29, 0.717) is 5.92 Å². The number of nitrogens with two attached hydrogens (primary N) is 1. The number of rotatable bonds is 10. The zero-order chi connectivity index (χ0) is 15.8. The third-order valence-corrected chi connectivity index (χ3v) is 3.71. The Hall–Kier alpha value is -0.610. The molecule has 1 amide bonds. The SMILES string of the molecule is CCCC(C)(N)C(=O)N(CCN(CC)CC)CC(C)C. The third-order valence-electron chi connectivity index (χ3n) is 3.71. The van der Waals surface area contributed by atoms with Crippen LogP contribution in [0.4, 0.5) is 0 Å². The van der Waals surface area contributed by atoms with Crippen LogP contribution in [-0.2, 0) is 4.79 Å². The van der Waals surface area contributed by atoms with E-state index in [1.54, 1.807) is 0 Å². The maximum atomic E-state index is 12.7. The van der Waals surface area contributed by atoms with Crippen molar-refractivity contribution >= 4 is 5.91 Å². The van der Waals surface area contributed by atoms with Gasteiger partial charge in [-0.3, -0.25) is 4.79 Å². The van der Waals surface area contributed by atoms with Gasteiger partial charge >= 0.3 is 0 Å². The van der Waals surface area contributed by atoms with Gasteiger partial charge in [-0.15, -0.1) is 0 Å². The summed E-state index contributed by atoms with van der Waals surface area (Å²) in [5.41, 5.74) is 5.48. The molecular formula is C16H35N3O. The van der Waals surface area contributed by atoms with Gasteiger partial charge in [-0.05, 0) is 32.4 Å². The number of amides is 1. The fourth-order valence-electron chi connectivity index (χ4n) is 2.51. The highest BCUT2D eigenvalue weighted by molar-refractivity contribution is 5.85. The lowest BCUT2D eigenvalue weighted by Crippen LogP contribution is -2.55. The average molecular weight is 285 g/mol. The van der Waals surface area contributed by atoms with Gasteiger partial charge in [-0.25, -0.2) is 0 Å². The zero-order valence-corrected chi connectivity index (χ0v) is 14.4. The standard InChI is InChI=1S/C16H35N3O/c1-7-10-16(6,17)15(20)19(13-14(4)5)12-11-18(8-2)9-3/h14H,7-13,17H2,1-6H3. The van der Waals surface area contributed by atoms with Gasteiger partial charge in [-0.2, -0.15) is 0 Å². The second-order valence-electron chi connectivity index (χ2n) is 6.34. The van der Waals surface area contributed by atoms with Crippen molar-refractivity contribution in [3.63, 3.8) is 0 Å². The van der Waals surface area contributed by atoms with Crippen molar-refractivity contribution in [1.29, 1.82) is 0 Å². The second-order valence-corrected chi connectivity index (χ2v) is 6.34. The summed E-state index contributed by atoms with van der Waals surface area (Å²) in [7, 11) is 0. The molecule has 120 valence electrons. The molecule has 0 bridgehead atoms. The van der Waals surface area contributed by atoms with Crippen molar-refractivity contribution in [2.45, 2.75) is 59.9 Å². The minimum absolute atomic E-state index is 0.0974. The van der Waals surface area contributed by atoms with E-state index in [2.05, 4.69) is 39.5 Å². The van der Waals surface area contributed by atoms with Crippen LogP contribution < -0.4 is 5.73 Å². The van der Waals surface area contributed by atoms with Crippen LogP contribution in [0.1, 0.15) is 54.4 Å². The van der Waals surface area contributed by atoms with Crippen molar-refractivity contribution in [3.05, 3.63) is 0 Å². The molecule has 0 aliphatic rings. The molecule has 0 aliphatic heterocycles. The van der Waals surface area contributed by atoms with Crippen LogP contribution in [0.3, 0.4) is 0 Å². The van der Waals surface area contributed by atoms with Gasteiger partial charge < -0.3 is 15.5 Å². The Bertz CT molecular complexity index is 273. The monoisotopic (exact) mass is 285 g/mol. The van der Waals surface area contributed by atoms with Gasteiger partial charge in [-0.1, -0.05) is 41.0 Å². The van der Waals surface area contributed by atoms with Gasteiger partial charge in [0.15, 0.2) is 0 Å². The van der Waals surface area contributed by atoms with Gasteiger partial charge in [0.05, 0.1) is 5.54 Å². The number of nitrogens with zero attached hydrogens (tertiary/aromatic N) is 2. The van der Waals surface area contributed by atoms with Crippen molar-refractivity contribution < 1.29 is 4.79 Å². The van der Waals surface area contributed by atoms with E-state index in [9.17, 15) is 4.79 Å². The molecule has 1 unspecified atom stereocenters. The quantitative estimate of drug-likeness (QED) is 0.670. The number of hydrogen-bond donors (Lipinski definition) is 1. The molecule has 1 atom stereocenters. The van der Waals surface area contributed by atoms with Crippen molar-refractivity contribution in [3.8, 4) is 0 Å². The predicted molar refractivity (Wildman–Crippen MR) is 86.7 cm³/mol. The molecule has 0 aromatic rings. The van der Waals surface area contributed by atoms with Crippen LogP contribution in [0.5, 0.6) is 0 Å². The Morgan fingerprint density at radius 2 is 1.70 bits per heavy atom. The Kier molecular flexibility index (Phi) is 9.06. The van der Waals surface area contributed by atoms with E-state index in [1.807, 2.05) is 11.8 Å². The van der Waals surface area contributed by atoms with Gasteiger partial charge in [0.1, 0.15) is 0 Å². The van der Waals surface area contributed by atoms with Gasteiger partial charge in [0.25, 0.3) is 0 Å². The maximum Gasteiger partial charge on any atom is 0.242 e. The number of carbonyl (C=O) groups is 1. The first-order valence-electron chi connectivity index (χ1n) is 8.09. The average Bonchev–Trinajstić information content (AvgIpc) is 2.37. The predicted octanol–water partition coefficient (Wildman–Crippen LogP) is 2.33. The van der Waals surface area contributed by atoms with Crippen molar-refractivity contribution in [2.24, 2.45) is 11.7 Å². The summed E-state index contributed by atoms with van der Waals surface area (Å²) >= 11 is 0. The van der Waals surface area contributed by atoms with Crippen LogP contribution in [0.2, 0.25) is 0 Å². The molecule has 0 saturated heterocycles. The third kappa shape index (κ3) is 6.71. The van der Waals surface area contributed by atoms with E-state index in [-0.39, 0.29) is 5.91 Å². The summed E-state index contributed by atoms with van der Waals surface area (Å²) in [4.78, 5) is 17.0. The van der Waals surface area contributed by atoms with E-state index in [4.69, 9.17) is 5.73 Å². The highest BCUT2D eigenvalue weighted by atomic mass is 16.2. The van der Waals surface area contributed by atoms with Crippen molar-refractivity contribution in [2.75, 3.05) is 32.7 Å². The van der Waals surface area contributed by atoms with Crippen LogP contribution in [-0.4, -0.2) is 54.0 Å². The van der Waals surface area contributed by atoms with E-state index in [0.717, 1.165) is 45.6 Å². The van der Waals surface area contributed by atoms with Crippen LogP contribution in [0, 0.1) is 5.92 Å². The minimum Gasteiger partial charge on any atom is -0.340 e. The molecule has 0 fully saturated rings. The van der Waals surface area contributed by atoms with Crippen molar-refractivity contribution in [1.82, 2.24) is 9.80 Å².